The molecule has 0 amide bonds. The van der Waals surface area contributed by atoms with E-state index in [1.807, 2.05) is 0 Å². The van der Waals surface area contributed by atoms with Gasteiger partial charge in [-0.05, 0) is 31.0 Å². The van der Waals surface area contributed by atoms with Crippen LogP contribution in [0.2, 0.25) is 0 Å². The predicted molar refractivity (Wildman–Crippen MR) is 75.6 cm³/mol. The van der Waals surface area contributed by atoms with Gasteiger partial charge in [-0.25, -0.2) is 0 Å². The molecular weight excluding hydrogens is 294 g/mol. The molecule has 2 atom stereocenters. The number of nitrogens with zero attached hydrogens (tertiary/aromatic N) is 1. The Balaban J connectivity index is 2.07. The highest BCUT2D eigenvalue weighted by Gasteiger charge is 2.25. The van der Waals surface area contributed by atoms with Crippen LogP contribution in [0.25, 0.3) is 0 Å². The van der Waals surface area contributed by atoms with Crippen molar-refractivity contribution in [2.45, 2.75) is 32.5 Å². The highest BCUT2D eigenvalue weighted by molar-refractivity contribution is 9.10. The third-order valence-corrected chi connectivity index (χ3v) is 4.16. The molecule has 2 unspecified atom stereocenters. The summed E-state index contributed by atoms with van der Waals surface area (Å²) in [6, 6.07) is 6.83. The second-order valence-corrected chi connectivity index (χ2v) is 5.87. The molecule has 1 aromatic rings. The first kappa shape index (κ1) is 14.0. The average molecular weight is 314 g/mol. The summed E-state index contributed by atoms with van der Waals surface area (Å²) in [6.45, 7) is 6.72. The summed E-state index contributed by atoms with van der Waals surface area (Å²) in [7, 11) is 0. The summed E-state index contributed by atoms with van der Waals surface area (Å²) < 4.78 is 6.71. The second-order valence-electron chi connectivity index (χ2n) is 5.01. The number of ether oxygens (including phenoxy) is 1. The zero-order valence-electron chi connectivity index (χ0n) is 10.9. The third kappa shape index (κ3) is 3.32. The zero-order valence-corrected chi connectivity index (χ0v) is 12.5. The van der Waals surface area contributed by atoms with Gasteiger partial charge in [0.1, 0.15) is 0 Å². The van der Waals surface area contributed by atoms with Crippen LogP contribution in [0.5, 0.6) is 0 Å². The van der Waals surface area contributed by atoms with Gasteiger partial charge in [0.25, 0.3) is 0 Å². The second kappa shape index (κ2) is 6.15. The van der Waals surface area contributed by atoms with Gasteiger partial charge in [0, 0.05) is 23.6 Å². The van der Waals surface area contributed by atoms with Crippen molar-refractivity contribution in [3.05, 3.63) is 33.8 Å². The van der Waals surface area contributed by atoms with Crippen LogP contribution in [0.15, 0.2) is 22.7 Å². The lowest BCUT2D eigenvalue weighted by Crippen LogP contribution is -2.48. The topological polar surface area (TPSA) is 32.7 Å². The van der Waals surface area contributed by atoms with E-state index in [1.165, 1.54) is 11.1 Å². The predicted octanol–water partition coefficient (Wildman–Crippen LogP) is 2.34. The van der Waals surface area contributed by atoms with E-state index in [9.17, 15) is 5.11 Å². The van der Waals surface area contributed by atoms with Gasteiger partial charge >= 0.3 is 0 Å². The summed E-state index contributed by atoms with van der Waals surface area (Å²) in [6.07, 6.45) is -0.0505. The van der Waals surface area contributed by atoms with Gasteiger partial charge in [0.2, 0.25) is 0 Å². The molecular formula is C14H20BrNO2. The van der Waals surface area contributed by atoms with Gasteiger partial charge in [0.05, 0.1) is 19.3 Å². The number of hydrogen-bond acceptors (Lipinski definition) is 3. The Bertz CT molecular complexity index is 411. The summed E-state index contributed by atoms with van der Waals surface area (Å²) >= 11 is 3.62. The average Bonchev–Trinajstić information content (AvgIpc) is 2.35. The SMILES string of the molecule is Cc1ccc(CN2CC(CO)OCC2C)c(Br)c1. The summed E-state index contributed by atoms with van der Waals surface area (Å²) in [5, 5.41) is 9.19. The Hall–Kier alpha value is -0.420. The quantitative estimate of drug-likeness (QED) is 0.929. The Morgan fingerprint density at radius 3 is 2.94 bits per heavy atom. The van der Waals surface area contributed by atoms with Crippen LogP contribution in [-0.4, -0.2) is 41.9 Å². The maximum atomic E-state index is 9.19. The number of aliphatic hydroxyl groups excluding tert-OH is 1. The van der Waals surface area contributed by atoms with E-state index in [0.717, 1.165) is 17.6 Å². The maximum Gasteiger partial charge on any atom is 0.0933 e. The molecule has 0 saturated carbocycles. The molecule has 0 aromatic heterocycles. The fourth-order valence-corrected chi connectivity index (χ4v) is 2.82. The molecule has 0 aliphatic carbocycles. The van der Waals surface area contributed by atoms with E-state index < -0.39 is 0 Å². The summed E-state index contributed by atoms with van der Waals surface area (Å²) in [5.74, 6) is 0. The highest BCUT2D eigenvalue weighted by atomic mass is 79.9. The van der Waals surface area contributed by atoms with Crippen molar-refractivity contribution >= 4 is 15.9 Å². The van der Waals surface area contributed by atoms with Crippen LogP contribution in [0.4, 0.5) is 0 Å². The van der Waals surface area contributed by atoms with Crippen LogP contribution in [0.1, 0.15) is 18.1 Å². The molecule has 2 rings (SSSR count). The Labute approximate surface area is 117 Å². The fraction of sp³-hybridized carbons (Fsp3) is 0.571. The number of hydrogen-bond donors (Lipinski definition) is 1. The monoisotopic (exact) mass is 313 g/mol. The maximum absolute atomic E-state index is 9.19. The number of aliphatic hydroxyl groups is 1. The third-order valence-electron chi connectivity index (χ3n) is 3.42. The smallest absolute Gasteiger partial charge is 0.0933 e. The molecule has 18 heavy (non-hydrogen) atoms. The molecule has 1 aliphatic rings. The van der Waals surface area contributed by atoms with Gasteiger partial charge in [0.15, 0.2) is 0 Å². The van der Waals surface area contributed by atoms with Gasteiger partial charge in [-0.2, -0.15) is 0 Å². The number of morpholine rings is 1. The molecule has 1 heterocycles. The van der Waals surface area contributed by atoms with Crippen molar-refractivity contribution in [3.63, 3.8) is 0 Å². The first-order valence-corrected chi connectivity index (χ1v) is 7.11. The Kier molecular flexibility index (Phi) is 4.78. The van der Waals surface area contributed by atoms with Crippen LogP contribution in [0.3, 0.4) is 0 Å². The van der Waals surface area contributed by atoms with Crippen LogP contribution >= 0.6 is 15.9 Å². The zero-order chi connectivity index (χ0) is 13.1. The molecule has 3 nitrogen and oxygen atoms in total. The lowest BCUT2D eigenvalue weighted by molar-refractivity contribution is -0.0806. The van der Waals surface area contributed by atoms with E-state index >= 15 is 0 Å². The highest BCUT2D eigenvalue weighted by Crippen LogP contribution is 2.22. The Morgan fingerprint density at radius 2 is 2.28 bits per heavy atom. The molecule has 0 spiro atoms. The summed E-state index contributed by atoms with van der Waals surface area (Å²) in [4.78, 5) is 2.36. The van der Waals surface area contributed by atoms with Crippen LogP contribution < -0.4 is 0 Å². The molecule has 1 N–H and O–H groups in total. The van der Waals surface area contributed by atoms with Crippen molar-refractivity contribution in [1.82, 2.24) is 4.90 Å². The van der Waals surface area contributed by atoms with Gasteiger partial charge < -0.3 is 9.84 Å². The van der Waals surface area contributed by atoms with E-state index in [-0.39, 0.29) is 12.7 Å². The number of rotatable bonds is 3. The standard InChI is InChI=1S/C14H20BrNO2/c1-10-3-4-12(14(15)5-10)6-16-7-13(8-17)18-9-11(16)2/h3-5,11,13,17H,6-9H2,1-2H3. The Morgan fingerprint density at radius 1 is 1.50 bits per heavy atom. The van der Waals surface area contributed by atoms with E-state index in [0.29, 0.717) is 12.6 Å². The van der Waals surface area contributed by atoms with Gasteiger partial charge in [-0.3, -0.25) is 4.90 Å². The minimum absolute atomic E-state index is 0.0505. The minimum atomic E-state index is -0.0505. The van der Waals surface area contributed by atoms with Crippen molar-refractivity contribution in [3.8, 4) is 0 Å². The molecule has 1 fully saturated rings. The lowest BCUT2D eigenvalue weighted by atomic mass is 10.1. The fourth-order valence-electron chi connectivity index (χ4n) is 2.21. The van der Waals surface area contributed by atoms with Gasteiger partial charge in [-0.15, -0.1) is 0 Å². The number of halogens is 1. The van der Waals surface area contributed by atoms with Crippen LogP contribution in [-0.2, 0) is 11.3 Å². The van der Waals surface area contributed by atoms with E-state index in [2.05, 4.69) is 52.9 Å². The molecule has 1 saturated heterocycles. The lowest BCUT2D eigenvalue weighted by Gasteiger charge is -2.37. The molecule has 1 aliphatic heterocycles. The molecule has 0 bridgehead atoms. The van der Waals surface area contributed by atoms with Crippen molar-refractivity contribution in [2.24, 2.45) is 0 Å². The number of benzene rings is 1. The largest absolute Gasteiger partial charge is 0.394 e. The van der Waals surface area contributed by atoms with Gasteiger partial charge in [-0.1, -0.05) is 28.1 Å². The first-order valence-electron chi connectivity index (χ1n) is 6.31. The molecule has 0 radical (unpaired) electrons. The first-order chi connectivity index (χ1) is 8.60. The minimum Gasteiger partial charge on any atom is -0.394 e. The van der Waals surface area contributed by atoms with Crippen LogP contribution in [0, 0.1) is 6.92 Å². The van der Waals surface area contributed by atoms with E-state index in [1.54, 1.807) is 0 Å². The van der Waals surface area contributed by atoms with Crippen molar-refractivity contribution < 1.29 is 9.84 Å². The normalized spacial score (nSPS) is 25.3. The molecule has 4 heteroatoms. The van der Waals surface area contributed by atoms with E-state index in [4.69, 9.17) is 4.74 Å². The summed E-state index contributed by atoms with van der Waals surface area (Å²) in [5.41, 5.74) is 2.54. The van der Waals surface area contributed by atoms with Crippen molar-refractivity contribution in [1.29, 1.82) is 0 Å². The number of aryl methyl sites for hydroxylation is 1. The molecule has 1 aromatic carbocycles. The van der Waals surface area contributed by atoms with Crippen molar-refractivity contribution in [2.75, 3.05) is 19.8 Å². The molecule has 100 valence electrons.